The maximum atomic E-state index is 12.6. The maximum Gasteiger partial charge on any atom is 0.268 e. The molecule has 0 aliphatic rings. The van der Waals surface area contributed by atoms with Crippen LogP contribution in [0.1, 0.15) is 30.3 Å². The molecule has 1 heterocycles. The normalized spacial score (nSPS) is 11.2. The summed E-state index contributed by atoms with van der Waals surface area (Å²) < 4.78 is 16.8. The van der Waals surface area contributed by atoms with Crippen molar-refractivity contribution in [2.45, 2.75) is 19.8 Å². The molecule has 0 spiro atoms. The number of ether oxygens (including phenoxy) is 3. The maximum absolute atomic E-state index is 12.6. The summed E-state index contributed by atoms with van der Waals surface area (Å²) >= 11 is 13.7. The Morgan fingerprint density at radius 3 is 2.54 bits per heavy atom. The van der Waals surface area contributed by atoms with Crippen LogP contribution >= 0.6 is 34.5 Å². The minimum atomic E-state index is -0.605. The van der Waals surface area contributed by atoms with Gasteiger partial charge in [0.05, 0.1) is 17.2 Å². The van der Waals surface area contributed by atoms with Gasteiger partial charge in [-0.05, 0) is 35.9 Å². The van der Waals surface area contributed by atoms with Gasteiger partial charge in [0.1, 0.15) is 35.6 Å². The summed E-state index contributed by atoms with van der Waals surface area (Å²) in [6, 6.07) is 12.2. The molecule has 0 fully saturated rings. The van der Waals surface area contributed by atoms with Crippen molar-refractivity contribution in [1.82, 2.24) is 10.2 Å². The van der Waals surface area contributed by atoms with Gasteiger partial charge in [0.2, 0.25) is 5.13 Å². The zero-order valence-corrected chi connectivity index (χ0v) is 21.5. The van der Waals surface area contributed by atoms with Crippen LogP contribution in [0, 0.1) is 11.3 Å². The Morgan fingerprint density at radius 1 is 1.14 bits per heavy atom. The first kappa shape index (κ1) is 26.3. The predicted molar refractivity (Wildman–Crippen MR) is 137 cm³/mol. The number of carbonyl (C=O) groups excluding carboxylic acids is 1. The van der Waals surface area contributed by atoms with Gasteiger partial charge in [-0.3, -0.25) is 10.1 Å². The molecule has 1 aromatic heterocycles. The van der Waals surface area contributed by atoms with E-state index in [2.05, 4.69) is 15.5 Å². The number of nitriles is 1. The molecule has 3 rings (SSSR count). The molecule has 35 heavy (non-hydrogen) atoms. The number of nitrogens with zero attached hydrogens (tertiary/aromatic N) is 3. The Bertz CT molecular complexity index is 1270. The summed E-state index contributed by atoms with van der Waals surface area (Å²) in [7, 11) is 1.46. The standard InChI is InChI=1S/C24H22Cl2N4O4S/c1-14(2)23-29-30-24(35-23)28-22(31)16(13-27)10-15-11-18(26)21(20(12-15)32-3)34-9-8-33-19-7-5-4-6-17(19)25/h4-7,10-12,14H,8-9H2,1-3H3,(H,28,30,31). The molecule has 11 heteroatoms. The minimum Gasteiger partial charge on any atom is -0.493 e. The van der Waals surface area contributed by atoms with Gasteiger partial charge in [-0.15, -0.1) is 10.2 Å². The quantitative estimate of drug-likeness (QED) is 0.194. The Morgan fingerprint density at radius 2 is 1.89 bits per heavy atom. The second-order valence-corrected chi connectivity index (χ2v) is 9.21. The highest BCUT2D eigenvalue weighted by Gasteiger charge is 2.16. The number of aromatic nitrogens is 2. The van der Waals surface area contributed by atoms with Crippen molar-refractivity contribution >= 4 is 51.7 Å². The van der Waals surface area contributed by atoms with Gasteiger partial charge in [0, 0.05) is 5.92 Å². The van der Waals surface area contributed by atoms with Crippen molar-refractivity contribution in [3.05, 3.63) is 62.6 Å². The van der Waals surface area contributed by atoms with Crippen molar-refractivity contribution < 1.29 is 19.0 Å². The molecule has 2 aromatic carbocycles. The second kappa shape index (κ2) is 12.4. The fraction of sp³-hybridized carbons (Fsp3) is 0.250. The van der Waals surface area contributed by atoms with Gasteiger partial charge in [-0.25, -0.2) is 0 Å². The number of amides is 1. The molecule has 8 nitrogen and oxygen atoms in total. The molecule has 0 aliphatic carbocycles. The summed E-state index contributed by atoms with van der Waals surface area (Å²) in [5.74, 6) is 0.776. The number of methoxy groups -OCH3 is 1. The number of halogens is 2. The Labute approximate surface area is 217 Å². The molecule has 0 bridgehead atoms. The number of hydrogen-bond donors (Lipinski definition) is 1. The van der Waals surface area contributed by atoms with Crippen LogP contribution in [0.15, 0.2) is 42.0 Å². The predicted octanol–water partition coefficient (Wildman–Crippen LogP) is 5.98. The Hall–Kier alpha value is -3.32. The largest absolute Gasteiger partial charge is 0.493 e. The highest BCUT2D eigenvalue weighted by molar-refractivity contribution is 7.15. The first-order chi connectivity index (χ1) is 16.8. The number of benzene rings is 2. The Balaban J connectivity index is 1.69. The van der Waals surface area contributed by atoms with Crippen molar-refractivity contribution in [1.29, 1.82) is 5.26 Å². The van der Waals surface area contributed by atoms with Crippen LogP contribution in [0.2, 0.25) is 10.0 Å². The van der Waals surface area contributed by atoms with E-state index in [9.17, 15) is 10.1 Å². The van der Waals surface area contributed by atoms with Gasteiger partial charge in [-0.1, -0.05) is 60.5 Å². The van der Waals surface area contributed by atoms with Crippen LogP contribution in [-0.2, 0) is 4.79 Å². The second-order valence-electron chi connectivity index (χ2n) is 7.39. The zero-order valence-electron chi connectivity index (χ0n) is 19.2. The SMILES string of the molecule is COc1cc(C=C(C#N)C(=O)Nc2nnc(C(C)C)s2)cc(Cl)c1OCCOc1ccccc1Cl. The number of para-hydroxylation sites is 1. The van der Waals surface area contributed by atoms with Crippen molar-refractivity contribution in [2.24, 2.45) is 0 Å². The van der Waals surface area contributed by atoms with Crippen molar-refractivity contribution in [3.63, 3.8) is 0 Å². The molecule has 0 radical (unpaired) electrons. The molecule has 1 amide bonds. The molecule has 0 unspecified atom stereocenters. The monoisotopic (exact) mass is 532 g/mol. The van der Waals surface area contributed by atoms with E-state index in [1.807, 2.05) is 32.0 Å². The van der Waals surface area contributed by atoms with Crippen LogP contribution in [0.25, 0.3) is 6.08 Å². The lowest BCUT2D eigenvalue weighted by Crippen LogP contribution is -2.13. The van der Waals surface area contributed by atoms with Crippen LogP contribution in [0.3, 0.4) is 0 Å². The summed E-state index contributed by atoms with van der Waals surface area (Å²) in [6.07, 6.45) is 1.40. The minimum absolute atomic E-state index is 0.133. The van der Waals surface area contributed by atoms with E-state index in [0.29, 0.717) is 33.0 Å². The van der Waals surface area contributed by atoms with E-state index in [1.165, 1.54) is 24.5 Å². The third-order valence-electron chi connectivity index (χ3n) is 4.51. The number of carbonyl (C=O) groups is 1. The van der Waals surface area contributed by atoms with Gasteiger partial charge in [-0.2, -0.15) is 5.26 Å². The van der Waals surface area contributed by atoms with E-state index >= 15 is 0 Å². The summed E-state index contributed by atoms with van der Waals surface area (Å²) in [5.41, 5.74) is 0.351. The molecule has 0 aliphatic heterocycles. The van der Waals surface area contributed by atoms with Crippen molar-refractivity contribution in [3.8, 4) is 23.3 Å². The van der Waals surface area contributed by atoms with E-state index in [4.69, 9.17) is 37.4 Å². The molecule has 0 atom stereocenters. The van der Waals surface area contributed by atoms with Crippen LogP contribution < -0.4 is 19.5 Å². The average molecular weight is 533 g/mol. The molecule has 182 valence electrons. The molecule has 3 aromatic rings. The van der Waals surface area contributed by atoms with Crippen LogP contribution in [0.4, 0.5) is 5.13 Å². The number of nitrogens with one attached hydrogen (secondary N) is 1. The zero-order chi connectivity index (χ0) is 25.4. The molecule has 0 saturated heterocycles. The number of anilines is 1. The summed E-state index contributed by atoms with van der Waals surface area (Å²) in [5, 5.41) is 21.9. The van der Waals surface area contributed by atoms with Crippen molar-refractivity contribution in [2.75, 3.05) is 25.6 Å². The van der Waals surface area contributed by atoms with Gasteiger partial charge in [0.25, 0.3) is 5.91 Å². The molecular formula is C24H22Cl2N4O4S. The third kappa shape index (κ3) is 7.09. The lowest BCUT2D eigenvalue weighted by atomic mass is 10.1. The highest BCUT2D eigenvalue weighted by atomic mass is 35.5. The highest BCUT2D eigenvalue weighted by Crippen LogP contribution is 2.37. The van der Waals surface area contributed by atoms with E-state index < -0.39 is 5.91 Å². The van der Waals surface area contributed by atoms with Gasteiger partial charge >= 0.3 is 0 Å². The third-order valence-corrected chi connectivity index (χ3v) is 6.24. The first-order valence-corrected chi connectivity index (χ1v) is 12.0. The Kier molecular flexibility index (Phi) is 9.32. The van der Waals surface area contributed by atoms with Gasteiger partial charge < -0.3 is 14.2 Å². The summed E-state index contributed by atoms with van der Waals surface area (Å²) in [4.78, 5) is 12.6. The fourth-order valence-electron chi connectivity index (χ4n) is 2.82. The summed E-state index contributed by atoms with van der Waals surface area (Å²) in [6.45, 7) is 4.36. The fourth-order valence-corrected chi connectivity index (χ4v) is 4.02. The number of hydrogen-bond acceptors (Lipinski definition) is 8. The lowest BCUT2D eigenvalue weighted by molar-refractivity contribution is -0.112. The molecule has 0 saturated carbocycles. The van der Waals surface area contributed by atoms with E-state index in [0.717, 1.165) is 5.01 Å². The van der Waals surface area contributed by atoms with E-state index in [1.54, 1.807) is 24.3 Å². The van der Waals surface area contributed by atoms with Crippen LogP contribution in [0.5, 0.6) is 17.2 Å². The molecule has 1 N–H and O–H groups in total. The topological polar surface area (TPSA) is 106 Å². The average Bonchev–Trinajstić information content (AvgIpc) is 3.30. The molecular weight excluding hydrogens is 511 g/mol. The van der Waals surface area contributed by atoms with E-state index in [-0.39, 0.29) is 29.7 Å². The van der Waals surface area contributed by atoms with Gasteiger partial charge in [0.15, 0.2) is 11.5 Å². The number of rotatable bonds is 10. The smallest absolute Gasteiger partial charge is 0.268 e. The lowest BCUT2D eigenvalue weighted by Gasteiger charge is -2.14. The first-order valence-electron chi connectivity index (χ1n) is 10.5. The van der Waals surface area contributed by atoms with Crippen LogP contribution in [-0.4, -0.2) is 36.4 Å².